The van der Waals surface area contributed by atoms with Crippen molar-refractivity contribution in [2.24, 2.45) is 0 Å². The van der Waals surface area contributed by atoms with Crippen LogP contribution in [0.15, 0.2) is 46.1 Å². The molecule has 116 valence electrons. The standard InChI is InChI=1S/C17H19BrN2O2/c1-9-5-6-14(21-4)11(3)15(9)20-16-12(18)8-19-13-7-10(2)22-17(13)16/h5-8,13,19-20H,1-4H3. The van der Waals surface area contributed by atoms with E-state index in [2.05, 4.69) is 52.6 Å². The molecule has 0 radical (unpaired) electrons. The fraction of sp³-hybridized carbons (Fsp3) is 0.294. The molecule has 0 amide bonds. The molecule has 0 bridgehead atoms. The van der Waals surface area contributed by atoms with Gasteiger partial charge in [-0.15, -0.1) is 0 Å². The Morgan fingerprint density at radius 2 is 2.05 bits per heavy atom. The first kappa shape index (κ1) is 15.0. The van der Waals surface area contributed by atoms with Crippen LogP contribution in [-0.2, 0) is 4.74 Å². The van der Waals surface area contributed by atoms with Crippen molar-refractivity contribution in [3.05, 3.63) is 57.2 Å². The molecule has 0 fully saturated rings. The zero-order valence-electron chi connectivity index (χ0n) is 13.1. The van der Waals surface area contributed by atoms with Crippen LogP contribution in [0.5, 0.6) is 5.75 Å². The number of ether oxygens (including phenoxy) is 2. The van der Waals surface area contributed by atoms with Gasteiger partial charge in [-0.3, -0.25) is 0 Å². The number of dihydropyridines is 1. The molecule has 0 aromatic heterocycles. The molecule has 1 unspecified atom stereocenters. The molecule has 2 aliphatic heterocycles. The molecule has 0 saturated carbocycles. The van der Waals surface area contributed by atoms with Crippen LogP contribution in [0.2, 0.25) is 0 Å². The van der Waals surface area contributed by atoms with Gasteiger partial charge < -0.3 is 20.1 Å². The Hall–Kier alpha value is -1.88. The summed E-state index contributed by atoms with van der Waals surface area (Å²) in [6.45, 7) is 6.09. The normalized spacial score (nSPS) is 19.8. The van der Waals surface area contributed by atoms with Crippen molar-refractivity contribution in [3.8, 4) is 5.75 Å². The lowest BCUT2D eigenvalue weighted by atomic mass is 10.1. The van der Waals surface area contributed by atoms with Crippen molar-refractivity contribution in [2.45, 2.75) is 26.8 Å². The number of fused-ring (bicyclic) bond motifs is 1. The number of allylic oxidation sites excluding steroid dienone is 2. The molecule has 2 aliphatic rings. The molecule has 2 heterocycles. The summed E-state index contributed by atoms with van der Waals surface area (Å²) in [6, 6.07) is 4.12. The van der Waals surface area contributed by atoms with Crippen LogP contribution in [0, 0.1) is 13.8 Å². The van der Waals surface area contributed by atoms with Crippen molar-refractivity contribution in [1.29, 1.82) is 0 Å². The summed E-state index contributed by atoms with van der Waals surface area (Å²) in [7, 11) is 1.69. The average molecular weight is 363 g/mol. The van der Waals surface area contributed by atoms with Gasteiger partial charge in [0.1, 0.15) is 11.8 Å². The maximum absolute atomic E-state index is 5.87. The van der Waals surface area contributed by atoms with Gasteiger partial charge in [-0.1, -0.05) is 6.07 Å². The molecule has 0 spiro atoms. The molecule has 0 saturated heterocycles. The second-order valence-electron chi connectivity index (χ2n) is 5.46. The minimum Gasteiger partial charge on any atom is -0.496 e. The summed E-state index contributed by atoms with van der Waals surface area (Å²) < 4.78 is 12.2. The Labute approximate surface area is 139 Å². The minimum atomic E-state index is 0.0787. The highest BCUT2D eigenvalue weighted by Crippen LogP contribution is 2.36. The van der Waals surface area contributed by atoms with Crippen LogP contribution >= 0.6 is 15.9 Å². The zero-order valence-corrected chi connectivity index (χ0v) is 14.7. The molecule has 0 aliphatic carbocycles. The van der Waals surface area contributed by atoms with E-state index < -0.39 is 0 Å². The lowest BCUT2D eigenvalue weighted by Gasteiger charge is -2.24. The summed E-state index contributed by atoms with van der Waals surface area (Å²) in [5, 5.41) is 6.82. The second kappa shape index (κ2) is 5.72. The number of methoxy groups -OCH3 is 1. The van der Waals surface area contributed by atoms with Crippen molar-refractivity contribution in [1.82, 2.24) is 5.32 Å². The molecule has 1 aromatic carbocycles. The van der Waals surface area contributed by atoms with E-state index in [1.54, 1.807) is 7.11 Å². The number of benzene rings is 1. The fourth-order valence-electron chi connectivity index (χ4n) is 2.75. The van der Waals surface area contributed by atoms with Crippen LogP contribution in [0.1, 0.15) is 18.1 Å². The first-order valence-corrected chi connectivity index (χ1v) is 7.94. The van der Waals surface area contributed by atoms with Crippen LogP contribution in [0.3, 0.4) is 0 Å². The molecule has 2 N–H and O–H groups in total. The van der Waals surface area contributed by atoms with Gasteiger partial charge in [0.05, 0.1) is 23.0 Å². The van der Waals surface area contributed by atoms with Crippen LogP contribution in [0.4, 0.5) is 5.69 Å². The maximum Gasteiger partial charge on any atom is 0.154 e. The molecule has 4 nitrogen and oxygen atoms in total. The number of hydrogen-bond acceptors (Lipinski definition) is 4. The highest BCUT2D eigenvalue weighted by molar-refractivity contribution is 9.12. The summed E-state index contributed by atoms with van der Waals surface area (Å²) in [4.78, 5) is 0. The summed E-state index contributed by atoms with van der Waals surface area (Å²) >= 11 is 3.60. The monoisotopic (exact) mass is 362 g/mol. The molecule has 22 heavy (non-hydrogen) atoms. The van der Waals surface area contributed by atoms with E-state index in [0.717, 1.165) is 44.3 Å². The largest absolute Gasteiger partial charge is 0.496 e. The molecule has 1 aromatic rings. The SMILES string of the molecule is COc1ccc(C)c(NC2=C3OC(C)=CC3NC=C2Br)c1C. The quantitative estimate of drug-likeness (QED) is 0.850. The van der Waals surface area contributed by atoms with Gasteiger partial charge in [-0.2, -0.15) is 0 Å². The predicted molar refractivity (Wildman–Crippen MR) is 91.9 cm³/mol. The van der Waals surface area contributed by atoms with Crippen molar-refractivity contribution < 1.29 is 9.47 Å². The van der Waals surface area contributed by atoms with E-state index in [1.165, 1.54) is 0 Å². The topological polar surface area (TPSA) is 42.5 Å². The molecular formula is C17H19BrN2O2. The van der Waals surface area contributed by atoms with E-state index in [4.69, 9.17) is 9.47 Å². The number of halogens is 1. The lowest BCUT2D eigenvalue weighted by Crippen LogP contribution is -2.29. The van der Waals surface area contributed by atoms with Crippen LogP contribution in [-0.4, -0.2) is 13.2 Å². The summed E-state index contributed by atoms with van der Waals surface area (Å²) in [6.07, 6.45) is 4.01. The molecular weight excluding hydrogens is 344 g/mol. The summed E-state index contributed by atoms with van der Waals surface area (Å²) in [5.74, 6) is 2.65. The minimum absolute atomic E-state index is 0.0787. The van der Waals surface area contributed by atoms with Gasteiger partial charge >= 0.3 is 0 Å². The predicted octanol–water partition coefficient (Wildman–Crippen LogP) is 4.08. The van der Waals surface area contributed by atoms with Crippen molar-refractivity contribution in [2.75, 3.05) is 12.4 Å². The van der Waals surface area contributed by atoms with E-state index in [1.807, 2.05) is 19.2 Å². The fourth-order valence-corrected chi connectivity index (χ4v) is 3.18. The first-order valence-electron chi connectivity index (χ1n) is 7.15. The maximum atomic E-state index is 5.87. The first-order chi connectivity index (χ1) is 10.5. The summed E-state index contributed by atoms with van der Waals surface area (Å²) in [5.41, 5.74) is 4.22. The van der Waals surface area contributed by atoms with Crippen LogP contribution < -0.4 is 15.4 Å². The van der Waals surface area contributed by atoms with E-state index >= 15 is 0 Å². The highest BCUT2D eigenvalue weighted by atomic mass is 79.9. The Morgan fingerprint density at radius 3 is 2.77 bits per heavy atom. The lowest BCUT2D eigenvalue weighted by molar-refractivity contribution is 0.309. The number of hydrogen-bond donors (Lipinski definition) is 2. The number of aryl methyl sites for hydroxylation is 1. The van der Waals surface area contributed by atoms with Crippen LogP contribution in [0.25, 0.3) is 0 Å². The smallest absolute Gasteiger partial charge is 0.154 e. The van der Waals surface area contributed by atoms with E-state index in [9.17, 15) is 0 Å². The van der Waals surface area contributed by atoms with Gasteiger partial charge in [0.15, 0.2) is 5.76 Å². The third-order valence-electron chi connectivity index (χ3n) is 3.92. The number of nitrogens with one attached hydrogen (secondary N) is 2. The number of rotatable bonds is 3. The molecule has 3 rings (SSSR count). The van der Waals surface area contributed by atoms with E-state index in [0.29, 0.717) is 0 Å². The van der Waals surface area contributed by atoms with Gasteiger partial charge in [-0.25, -0.2) is 0 Å². The van der Waals surface area contributed by atoms with E-state index in [-0.39, 0.29) is 6.04 Å². The van der Waals surface area contributed by atoms with Gasteiger partial charge in [-0.05, 0) is 54.4 Å². The third kappa shape index (κ3) is 2.50. The van der Waals surface area contributed by atoms with Crippen molar-refractivity contribution in [3.63, 3.8) is 0 Å². The Balaban J connectivity index is 2.02. The molecule has 5 heteroatoms. The van der Waals surface area contributed by atoms with Gasteiger partial charge in [0, 0.05) is 17.5 Å². The van der Waals surface area contributed by atoms with Gasteiger partial charge in [0.2, 0.25) is 0 Å². The Morgan fingerprint density at radius 1 is 1.27 bits per heavy atom. The van der Waals surface area contributed by atoms with Gasteiger partial charge in [0.25, 0.3) is 0 Å². The van der Waals surface area contributed by atoms with Crippen molar-refractivity contribution >= 4 is 21.6 Å². The number of anilines is 1. The third-order valence-corrected chi connectivity index (χ3v) is 4.55. The Bertz CT molecular complexity index is 720. The average Bonchev–Trinajstić information content (AvgIpc) is 2.86. The molecule has 1 atom stereocenters. The second-order valence-corrected chi connectivity index (χ2v) is 6.32. The Kier molecular flexibility index (Phi) is 3.91. The highest BCUT2D eigenvalue weighted by Gasteiger charge is 2.29. The zero-order chi connectivity index (χ0) is 15.9.